The lowest BCUT2D eigenvalue weighted by molar-refractivity contribution is -0.126. The van der Waals surface area contributed by atoms with Crippen molar-refractivity contribution in [1.29, 1.82) is 0 Å². The van der Waals surface area contributed by atoms with Crippen LogP contribution in [0.15, 0.2) is 66.1 Å². The highest BCUT2D eigenvalue weighted by Gasteiger charge is 2.32. The zero-order valence-corrected chi connectivity index (χ0v) is 19.1. The first-order valence-corrected chi connectivity index (χ1v) is 12.8. The Morgan fingerprint density at radius 2 is 1.59 bits per heavy atom. The molecule has 2 heterocycles. The Morgan fingerprint density at radius 3 is 2.28 bits per heavy atom. The minimum absolute atomic E-state index is 0.0634. The summed E-state index contributed by atoms with van der Waals surface area (Å²) in [6, 6.07) is 19.9. The molecule has 170 valence electrons. The number of nitrogens with zero attached hydrogens (tertiary/aromatic N) is 2. The molecule has 0 aliphatic carbocycles. The van der Waals surface area contributed by atoms with Crippen LogP contribution in [0.4, 0.5) is 0 Å². The summed E-state index contributed by atoms with van der Waals surface area (Å²) in [5.41, 5.74) is 2.14. The molecular weight excluding hydrogens is 422 g/mol. The monoisotopic (exact) mass is 453 g/mol. The lowest BCUT2D eigenvalue weighted by Crippen LogP contribution is -2.45. The fourth-order valence-electron chi connectivity index (χ4n) is 4.44. The van der Waals surface area contributed by atoms with E-state index in [0.717, 1.165) is 31.6 Å². The molecule has 4 rings (SSSR count). The number of hydrogen-bond donors (Lipinski definition) is 1. The van der Waals surface area contributed by atoms with Crippen LogP contribution < -0.4 is 5.32 Å². The van der Waals surface area contributed by atoms with Gasteiger partial charge in [0.2, 0.25) is 15.9 Å². The first-order valence-electron chi connectivity index (χ1n) is 11.3. The summed E-state index contributed by atoms with van der Waals surface area (Å²) in [7, 11) is -3.48. The lowest BCUT2D eigenvalue weighted by atomic mass is 9.97. The maximum Gasteiger partial charge on any atom is 0.236 e. The first-order chi connectivity index (χ1) is 15.5. The van der Waals surface area contributed by atoms with Gasteiger partial charge >= 0.3 is 0 Å². The number of hydrogen-bond acceptors (Lipinski definition) is 4. The third-order valence-corrected chi connectivity index (χ3v) is 7.85. The summed E-state index contributed by atoms with van der Waals surface area (Å²) in [4.78, 5) is 15.1. The molecule has 0 radical (unpaired) electrons. The van der Waals surface area contributed by atoms with Gasteiger partial charge in [0.15, 0.2) is 0 Å². The van der Waals surface area contributed by atoms with E-state index in [9.17, 15) is 13.2 Å². The van der Waals surface area contributed by atoms with Gasteiger partial charge in [0, 0.05) is 50.1 Å². The van der Waals surface area contributed by atoms with Crippen molar-refractivity contribution in [2.24, 2.45) is 5.92 Å². The molecule has 2 aromatic carbocycles. The smallest absolute Gasteiger partial charge is 0.236 e. The summed E-state index contributed by atoms with van der Waals surface area (Å²) in [6.07, 6.45) is 3.70. The van der Waals surface area contributed by atoms with Crippen LogP contribution in [0.1, 0.15) is 30.4 Å². The van der Waals surface area contributed by atoms with Crippen LogP contribution in [-0.2, 0) is 21.4 Å². The van der Waals surface area contributed by atoms with Crippen molar-refractivity contribution in [3.8, 4) is 0 Å². The summed E-state index contributed by atoms with van der Waals surface area (Å²) in [5, 5.41) is 4.47. The van der Waals surface area contributed by atoms with Gasteiger partial charge in [-0.25, -0.2) is 8.42 Å². The van der Waals surface area contributed by atoms with Crippen molar-refractivity contribution in [1.82, 2.24) is 14.5 Å². The highest BCUT2D eigenvalue weighted by molar-refractivity contribution is 7.92. The molecule has 1 amide bonds. The number of carbonyl (C=O) groups excluding carboxylic acids is 1. The minimum atomic E-state index is -3.48. The largest absolute Gasteiger partial charge is 0.352 e. The Kier molecular flexibility index (Phi) is 7.40. The number of sulfonamides is 1. The van der Waals surface area contributed by atoms with Gasteiger partial charge in [0.25, 0.3) is 0 Å². The molecule has 2 aromatic rings. The average Bonchev–Trinajstić information content (AvgIpc) is 3.26. The molecule has 0 aromatic heterocycles. The van der Waals surface area contributed by atoms with E-state index in [4.69, 9.17) is 0 Å². The maximum absolute atomic E-state index is 12.8. The Bertz CT molecular complexity index is 1020. The lowest BCUT2D eigenvalue weighted by Gasteiger charge is -2.30. The van der Waals surface area contributed by atoms with Crippen molar-refractivity contribution in [2.45, 2.75) is 31.8 Å². The van der Waals surface area contributed by atoms with E-state index in [2.05, 4.69) is 34.5 Å². The van der Waals surface area contributed by atoms with Crippen molar-refractivity contribution in [3.63, 3.8) is 0 Å². The van der Waals surface area contributed by atoms with E-state index < -0.39 is 10.0 Å². The number of amides is 1. The third kappa shape index (κ3) is 6.06. The van der Waals surface area contributed by atoms with Crippen LogP contribution in [-0.4, -0.2) is 55.8 Å². The molecule has 0 saturated carbocycles. The molecule has 1 unspecified atom stereocenters. The molecule has 7 heteroatoms. The quantitative estimate of drug-likeness (QED) is 0.700. The van der Waals surface area contributed by atoms with Crippen LogP contribution in [0, 0.1) is 5.92 Å². The molecule has 2 saturated heterocycles. The van der Waals surface area contributed by atoms with Crippen LogP contribution in [0.3, 0.4) is 0 Å². The highest BCUT2D eigenvalue weighted by Crippen LogP contribution is 2.22. The van der Waals surface area contributed by atoms with Gasteiger partial charge in [0.1, 0.15) is 0 Å². The summed E-state index contributed by atoms with van der Waals surface area (Å²) in [6.45, 7) is 3.50. The van der Waals surface area contributed by atoms with E-state index in [1.54, 1.807) is 6.08 Å². The fraction of sp³-hybridized carbons (Fsp3) is 0.400. The van der Waals surface area contributed by atoms with Gasteiger partial charge in [0.05, 0.1) is 0 Å². The topological polar surface area (TPSA) is 69.7 Å². The molecule has 6 nitrogen and oxygen atoms in total. The Balaban J connectivity index is 1.23. The van der Waals surface area contributed by atoms with Gasteiger partial charge in [-0.15, -0.1) is 0 Å². The second kappa shape index (κ2) is 10.4. The number of piperidine rings is 1. The third-order valence-electron chi connectivity index (χ3n) is 6.28. The van der Waals surface area contributed by atoms with E-state index in [1.165, 1.54) is 15.3 Å². The zero-order valence-electron chi connectivity index (χ0n) is 18.3. The van der Waals surface area contributed by atoms with E-state index in [0.29, 0.717) is 25.9 Å². The molecular formula is C25H31N3O3S. The molecule has 2 fully saturated rings. The normalized spacial score (nSPS) is 21.2. The second-order valence-corrected chi connectivity index (χ2v) is 10.5. The van der Waals surface area contributed by atoms with Crippen molar-refractivity contribution in [3.05, 3.63) is 77.2 Å². The number of nitrogens with one attached hydrogen (secondary N) is 1. The summed E-state index contributed by atoms with van der Waals surface area (Å²) in [5.74, 6) is -0.0591. The zero-order chi connectivity index (χ0) is 22.4. The van der Waals surface area contributed by atoms with Crippen molar-refractivity contribution >= 4 is 22.0 Å². The predicted octanol–water partition coefficient (Wildman–Crippen LogP) is 3.09. The fourth-order valence-corrected chi connectivity index (χ4v) is 5.66. The van der Waals surface area contributed by atoms with Crippen LogP contribution in [0.5, 0.6) is 0 Å². The van der Waals surface area contributed by atoms with Gasteiger partial charge in [-0.2, -0.15) is 4.31 Å². The SMILES string of the molecule is O=C(NC1CCN(Cc2ccccc2)C1)C1CCN(S(=O)(=O)C=Cc2ccccc2)CC1. The first kappa shape index (κ1) is 22.7. The molecule has 0 spiro atoms. The van der Waals surface area contributed by atoms with E-state index in [-0.39, 0.29) is 17.9 Å². The number of likely N-dealkylation sites (tertiary alicyclic amines) is 1. The summed E-state index contributed by atoms with van der Waals surface area (Å²) >= 11 is 0. The predicted molar refractivity (Wildman–Crippen MR) is 127 cm³/mol. The molecule has 32 heavy (non-hydrogen) atoms. The van der Waals surface area contributed by atoms with Crippen molar-refractivity contribution in [2.75, 3.05) is 26.2 Å². The number of benzene rings is 2. The van der Waals surface area contributed by atoms with Crippen LogP contribution in [0.2, 0.25) is 0 Å². The molecule has 1 N–H and O–H groups in total. The minimum Gasteiger partial charge on any atom is -0.352 e. The van der Waals surface area contributed by atoms with Gasteiger partial charge in [-0.3, -0.25) is 9.69 Å². The second-order valence-electron chi connectivity index (χ2n) is 8.65. The number of carbonyl (C=O) groups is 1. The average molecular weight is 454 g/mol. The van der Waals surface area contributed by atoms with Gasteiger partial charge < -0.3 is 5.32 Å². The molecule has 2 aliphatic rings. The van der Waals surface area contributed by atoms with E-state index >= 15 is 0 Å². The molecule has 2 aliphatic heterocycles. The van der Waals surface area contributed by atoms with Crippen molar-refractivity contribution < 1.29 is 13.2 Å². The highest BCUT2D eigenvalue weighted by atomic mass is 32.2. The molecule has 1 atom stereocenters. The summed E-state index contributed by atoms with van der Waals surface area (Å²) < 4.78 is 26.7. The van der Waals surface area contributed by atoms with Gasteiger partial charge in [-0.05, 0) is 36.5 Å². The maximum atomic E-state index is 12.8. The van der Waals surface area contributed by atoms with Crippen LogP contribution >= 0.6 is 0 Å². The van der Waals surface area contributed by atoms with Gasteiger partial charge in [-0.1, -0.05) is 60.7 Å². The Morgan fingerprint density at radius 1 is 0.938 bits per heavy atom. The Labute approximate surface area is 191 Å². The van der Waals surface area contributed by atoms with Crippen LogP contribution in [0.25, 0.3) is 6.08 Å². The standard InChI is InChI=1S/C25H31N3O3S/c29-25(26-24-13-15-27(20-24)19-22-9-5-2-6-10-22)23-11-16-28(17-12-23)32(30,31)18-14-21-7-3-1-4-8-21/h1-10,14,18,23-24H,11-13,15-17,19-20H2,(H,26,29). The van der Waals surface area contributed by atoms with E-state index in [1.807, 2.05) is 36.4 Å². The Hall–Kier alpha value is -2.48. The molecule has 0 bridgehead atoms. The number of rotatable bonds is 7.